The van der Waals surface area contributed by atoms with Crippen LogP contribution in [0, 0.1) is 6.92 Å². The van der Waals surface area contributed by atoms with Crippen molar-refractivity contribution in [2.45, 2.75) is 13.5 Å². The Kier molecular flexibility index (Phi) is 4.36. The number of carbonyl (C=O) groups is 3. The van der Waals surface area contributed by atoms with Gasteiger partial charge in [-0.25, -0.2) is 9.48 Å². The zero-order valence-corrected chi connectivity index (χ0v) is 15.0. The quantitative estimate of drug-likeness (QED) is 0.557. The van der Waals surface area contributed by atoms with E-state index in [2.05, 4.69) is 10.4 Å². The van der Waals surface area contributed by atoms with E-state index in [9.17, 15) is 14.4 Å². The third kappa shape index (κ3) is 3.35. The molecule has 0 unspecified atom stereocenters. The van der Waals surface area contributed by atoms with E-state index < -0.39 is 17.8 Å². The van der Waals surface area contributed by atoms with Crippen LogP contribution in [0.15, 0.2) is 65.0 Å². The lowest BCUT2D eigenvalue weighted by Gasteiger charge is -2.25. The fourth-order valence-electron chi connectivity index (χ4n) is 2.81. The number of aryl methyl sites for hydroxylation is 1. The van der Waals surface area contributed by atoms with Crippen molar-refractivity contribution in [2.24, 2.45) is 0 Å². The molecule has 0 atom stereocenters. The first-order valence-electron chi connectivity index (χ1n) is 8.54. The van der Waals surface area contributed by atoms with Gasteiger partial charge in [0.25, 0.3) is 11.8 Å². The van der Waals surface area contributed by atoms with Crippen molar-refractivity contribution >= 4 is 23.9 Å². The maximum absolute atomic E-state index is 12.7. The van der Waals surface area contributed by atoms with E-state index in [1.54, 1.807) is 29.2 Å². The third-order valence-electron chi connectivity index (χ3n) is 4.29. The molecule has 1 aliphatic rings. The van der Waals surface area contributed by atoms with Crippen LogP contribution >= 0.6 is 0 Å². The Morgan fingerprint density at radius 1 is 1.14 bits per heavy atom. The second kappa shape index (κ2) is 6.99. The molecule has 0 aliphatic carbocycles. The molecule has 0 spiro atoms. The molecule has 28 heavy (non-hydrogen) atoms. The highest BCUT2D eigenvalue weighted by atomic mass is 16.3. The van der Waals surface area contributed by atoms with E-state index in [1.807, 2.05) is 31.2 Å². The molecule has 1 fully saturated rings. The minimum atomic E-state index is -0.779. The number of aromatic nitrogens is 2. The van der Waals surface area contributed by atoms with E-state index in [1.165, 1.54) is 12.3 Å². The Bertz CT molecular complexity index is 1080. The predicted octanol–water partition coefficient (Wildman–Crippen LogP) is 2.44. The molecule has 3 heterocycles. The zero-order valence-electron chi connectivity index (χ0n) is 15.0. The van der Waals surface area contributed by atoms with Crippen LogP contribution in [-0.2, 0) is 16.1 Å². The Morgan fingerprint density at radius 3 is 2.64 bits per heavy atom. The lowest BCUT2D eigenvalue weighted by atomic mass is 10.1. The molecule has 4 rings (SSSR count). The number of nitrogens with one attached hydrogen (secondary N) is 1. The van der Waals surface area contributed by atoms with Crippen LogP contribution in [-0.4, -0.2) is 32.5 Å². The van der Waals surface area contributed by atoms with Gasteiger partial charge in [-0.05, 0) is 37.3 Å². The average Bonchev–Trinajstić information content (AvgIpc) is 3.35. The summed E-state index contributed by atoms with van der Waals surface area (Å²) in [4.78, 5) is 37.9. The fraction of sp³-hybridized carbons (Fsp3) is 0.100. The molecule has 0 bridgehead atoms. The number of imide groups is 2. The summed E-state index contributed by atoms with van der Waals surface area (Å²) in [5, 5.41) is 6.44. The monoisotopic (exact) mass is 376 g/mol. The van der Waals surface area contributed by atoms with Gasteiger partial charge < -0.3 is 4.42 Å². The highest BCUT2D eigenvalue weighted by Crippen LogP contribution is 2.18. The van der Waals surface area contributed by atoms with Crippen molar-refractivity contribution in [2.75, 3.05) is 0 Å². The van der Waals surface area contributed by atoms with Gasteiger partial charge in [0.15, 0.2) is 0 Å². The van der Waals surface area contributed by atoms with Gasteiger partial charge in [-0.2, -0.15) is 5.10 Å². The largest absolute Gasteiger partial charge is 0.467 e. The smallest absolute Gasteiger partial charge is 0.331 e. The average molecular weight is 376 g/mol. The van der Waals surface area contributed by atoms with Crippen molar-refractivity contribution in [3.8, 4) is 5.69 Å². The van der Waals surface area contributed by atoms with E-state index in [4.69, 9.17) is 4.42 Å². The predicted molar refractivity (Wildman–Crippen MR) is 99.1 cm³/mol. The molecule has 0 saturated carbocycles. The minimum Gasteiger partial charge on any atom is -0.467 e. The minimum absolute atomic E-state index is 0.0646. The molecule has 140 valence electrons. The number of benzene rings is 1. The molecule has 4 amide bonds. The van der Waals surface area contributed by atoms with Crippen molar-refractivity contribution in [1.29, 1.82) is 0 Å². The summed E-state index contributed by atoms with van der Waals surface area (Å²) in [5.41, 5.74) is 2.40. The molecule has 1 saturated heterocycles. The van der Waals surface area contributed by atoms with Crippen molar-refractivity contribution in [1.82, 2.24) is 20.0 Å². The van der Waals surface area contributed by atoms with E-state index in [0.717, 1.165) is 16.2 Å². The molecule has 8 heteroatoms. The van der Waals surface area contributed by atoms with Crippen LogP contribution in [0.2, 0.25) is 0 Å². The lowest BCUT2D eigenvalue weighted by molar-refractivity contribution is -0.130. The summed E-state index contributed by atoms with van der Waals surface area (Å²) in [7, 11) is 0. The molecule has 8 nitrogen and oxygen atoms in total. The number of barbiturate groups is 1. The summed E-state index contributed by atoms with van der Waals surface area (Å²) >= 11 is 0. The van der Waals surface area contributed by atoms with Crippen LogP contribution in [0.5, 0.6) is 0 Å². The highest BCUT2D eigenvalue weighted by Gasteiger charge is 2.36. The van der Waals surface area contributed by atoms with Gasteiger partial charge in [0, 0.05) is 11.8 Å². The molecule has 1 aliphatic heterocycles. The number of hydrogen-bond donors (Lipinski definition) is 1. The van der Waals surface area contributed by atoms with Crippen LogP contribution in [0.25, 0.3) is 11.8 Å². The zero-order chi connectivity index (χ0) is 19.7. The first kappa shape index (κ1) is 17.5. The SMILES string of the molecule is Cc1ccc(-n2cc(/C=C3\C(=O)NC(=O)N(Cc4ccco4)C3=O)cn2)cc1. The summed E-state index contributed by atoms with van der Waals surface area (Å²) in [6.45, 7) is 1.93. The van der Waals surface area contributed by atoms with Gasteiger partial charge in [0.05, 0.1) is 24.7 Å². The van der Waals surface area contributed by atoms with Crippen LogP contribution in [0.4, 0.5) is 4.79 Å². The number of amides is 4. The number of rotatable bonds is 4. The fourth-order valence-corrected chi connectivity index (χ4v) is 2.81. The molecule has 2 aromatic heterocycles. The maximum atomic E-state index is 12.7. The second-order valence-electron chi connectivity index (χ2n) is 6.34. The first-order valence-corrected chi connectivity index (χ1v) is 8.54. The topological polar surface area (TPSA) is 97.4 Å². The van der Waals surface area contributed by atoms with Gasteiger partial charge in [0.2, 0.25) is 0 Å². The van der Waals surface area contributed by atoms with E-state index in [0.29, 0.717) is 11.3 Å². The Morgan fingerprint density at radius 2 is 1.93 bits per heavy atom. The van der Waals surface area contributed by atoms with Crippen LogP contribution < -0.4 is 5.32 Å². The van der Waals surface area contributed by atoms with Gasteiger partial charge in [-0.15, -0.1) is 0 Å². The van der Waals surface area contributed by atoms with Crippen molar-refractivity contribution in [3.63, 3.8) is 0 Å². The standard InChI is InChI=1S/C20H16N4O4/c1-13-4-6-15(7-5-13)24-11-14(10-21-24)9-17-18(25)22-20(27)23(19(17)26)12-16-3-2-8-28-16/h2-11H,12H2,1H3,(H,22,25,27)/b17-9+. The number of urea groups is 1. The second-order valence-corrected chi connectivity index (χ2v) is 6.34. The van der Waals surface area contributed by atoms with Gasteiger partial charge in [-0.3, -0.25) is 19.8 Å². The highest BCUT2D eigenvalue weighted by molar-refractivity contribution is 6.30. The number of nitrogens with zero attached hydrogens (tertiary/aromatic N) is 3. The van der Waals surface area contributed by atoms with Gasteiger partial charge >= 0.3 is 6.03 Å². The number of carbonyl (C=O) groups excluding carboxylic acids is 3. The maximum Gasteiger partial charge on any atom is 0.331 e. The van der Waals surface area contributed by atoms with Crippen LogP contribution in [0.3, 0.4) is 0 Å². The molecule has 1 N–H and O–H groups in total. The normalized spacial score (nSPS) is 16.0. The summed E-state index contributed by atoms with van der Waals surface area (Å²) < 4.78 is 6.82. The molecule has 3 aromatic rings. The molecule has 0 radical (unpaired) electrons. The summed E-state index contributed by atoms with van der Waals surface area (Å²) in [5.74, 6) is -0.994. The molecular weight excluding hydrogens is 360 g/mol. The Hall–Kier alpha value is -3.94. The van der Waals surface area contributed by atoms with E-state index >= 15 is 0 Å². The van der Waals surface area contributed by atoms with Gasteiger partial charge in [0.1, 0.15) is 11.3 Å². The first-order chi connectivity index (χ1) is 13.5. The Balaban J connectivity index is 1.61. The van der Waals surface area contributed by atoms with Crippen molar-refractivity contribution in [3.05, 3.63) is 77.5 Å². The third-order valence-corrected chi connectivity index (χ3v) is 4.29. The number of furan rings is 1. The number of hydrogen-bond acceptors (Lipinski definition) is 5. The molecular formula is C20H16N4O4. The summed E-state index contributed by atoms with van der Waals surface area (Å²) in [6.07, 6.45) is 6.10. The van der Waals surface area contributed by atoms with Crippen molar-refractivity contribution < 1.29 is 18.8 Å². The Labute approximate surface area is 160 Å². The van der Waals surface area contributed by atoms with Crippen LogP contribution in [0.1, 0.15) is 16.9 Å². The van der Waals surface area contributed by atoms with Gasteiger partial charge in [-0.1, -0.05) is 17.7 Å². The lowest BCUT2D eigenvalue weighted by Crippen LogP contribution is -2.53. The summed E-state index contributed by atoms with van der Waals surface area (Å²) in [6, 6.07) is 10.3. The van der Waals surface area contributed by atoms with E-state index in [-0.39, 0.29) is 12.1 Å². The molecule has 1 aromatic carbocycles.